The molecule has 1 heterocycles. The van der Waals surface area contributed by atoms with Crippen molar-refractivity contribution in [1.82, 2.24) is 9.47 Å². The van der Waals surface area contributed by atoms with E-state index in [-0.39, 0.29) is 16.8 Å². The number of carbonyl (C=O) groups is 1. The van der Waals surface area contributed by atoms with Crippen LogP contribution in [0, 0.1) is 5.92 Å². The molecule has 1 aromatic heterocycles. The lowest BCUT2D eigenvalue weighted by molar-refractivity contribution is 0.0777. The summed E-state index contributed by atoms with van der Waals surface area (Å²) < 4.78 is 24.7. The van der Waals surface area contributed by atoms with Gasteiger partial charge in [0.15, 0.2) is 0 Å². The summed E-state index contributed by atoms with van der Waals surface area (Å²) >= 11 is 0. The summed E-state index contributed by atoms with van der Waals surface area (Å²) in [6, 6.07) is 1.64. The average molecular weight is 297 g/mol. The van der Waals surface area contributed by atoms with Gasteiger partial charge in [-0.15, -0.1) is 0 Å². The third kappa shape index (κ3) is 2.73. The van der Waals surface area contributed by atoms with Gasteiger partial charge in [0.2, 0.25) is 10.0 Å². The highest BCUT2D eigenvalue weighted by molar-refractivity contribution is 7.89. The Morgan fingerprint density at radius 3 is 2.55 bits per heavy atom. The van der Waals surface area contributed by atoms with Crippen molar-refractivity contribution in [3.8, 4) is 0 Å². The van der Waals surface area contributed by atoms with Gasteiger partial charge in [0.05, 0.1) is 0 Å². The molecule has 0 aliphatic heterocycles. The number of rotatable bonds is 5. The summed E-state index contributed by atoms with van der Waals surface area (Å²) in [5.41, 5.74) is 0.430. The molecule has 7 heteroatoms. The molecule has 1 amide bonds. The second-order valence-corrected chi connectivity index (χ2v) is 7.43. The first-order valence-corrected chi connectivity index (χ1v) is 8.41. The summed E-state index contributed by atoms with van der Waals surface area (Å²) in [6.07, 6.45) is 5.79. The van der Waals surface area contributed by atoms with Crippen LogP contribution in [0.5, 0.6) is 0 Å². The lowest BCUT2D eigenvalue weighted by Gasteiger charge is -2.17. The van der Waals surface area contributed by atoms with Crippen LogP contribution >= 0.6 is 0 Å². The van der Waals surface area contributed by atoms with Gasteiger partial charge in [-0.2, -0.15) is 0 Å². The predicted molar refractivity (Wildman–Crippen MR) is 73.8 cm³/mol. The Kier molecular flexibility index (Phi) is 3.13. The molecule has 2 N–H and O–H groups in total. The highest BCUT2D eigenvalue weighted by Crippen LogP contribution is 2.37. The molecule has 0 unspecified atom stereocenters. The smallest absolute Gasteiger partial charge is 0.270 e. The van der Waals surface area contributed by atoms with Crippen LogP contribution in [-0.4, -0.2) is 37.4 Å². The predicted octanol–water partition coefficient (Wildman–Crippen LogP) is 0.952. The van der Waals surface area contributed by atoms with E-state index < -0.39 is 10.0 Å². The van der Waals surface area contributed by atoms with E-state index in [1.54, 1.807) is 16.5 Å². The first-order chi connectivity index (χ1) is 9.36. The summed E-state index contributed by atoms with van der Waals surface area (Å²) in [5, 5.41) is 5.16. The fourth-order valence-electron chi connectivity index (χ4n) is 2.40. The largest absolute Gasteiger partial charge is 0.340 e. The third-order valence-corrected chi connectivity index (χ3v) is 4.77. The normalized spacial score (nSPS) is 19.1. The SMILES string of the molecule is CN(CC1CC1)C(=O)c1cc(S(N)(=O)=O)cn1C1CC1. The molecule has 0 aromatic carbocycles. The van der Waals surface area contributed by atoms with E-state index in [9.17, 15) is 13.2 Å². The molecular formula is C13H19N3O3S. The molecule has 0 bridgehead atoms. The van der Waals surface area contributed by atoms with E-state index in [2.05, 4.69) is 0 Å². The Bertz CT molecular complexity index is 642. The third-order valence-electron chi connectivity index (χ3n) is 3.89. The minimum atomic E-state index is -3.77. The zero-order chi connectivity index (χ0) is 14.5. The molecule has 2 aliphatic carbocycles. The van der Waals surface area contributed by atoms with Crippen molar-refractivity contribution >= 4 is 15.9 Å². The first-order valence-electron chi connectivity index (χ1n) is 6.86. The number of hydrogen-bond acceptors (Lipinski definition) is 3. The summed E-state index contributed by atoms with van der Waals surface area (Å²) in [4.78, 5) is 14.2. The van der Waals surface area contributed by atoms with Gasteiger partial charge in [0.1, 0.15) is 10.6 Å². The molecule has 110 valence electrons. The molecule has 2 fully saturated rings. The Morgan fingerprint density at radius 1 is 1.40 bits per heavy atom. The monoisotopic (exact) mass is 297 g/mol. The van der Waals surface area contributed by atoms with Gasteiger partial charge in [-0.1, -0.05) is 0 Å². The van der Waals surface area contributed by atoms with E-state index >= 15 is 0 Å². The maximum Gasteiger partial charge on any atom is 0.270 e. The van der Waals surface area contributed by atoms with E-state index in [4.69, 9.17) is 5.14 Å². The standard InChI is InChI=1S/C13H19N3O3S/c1-15(7-9-2-3-9)13(17)12-6-11(20(14,18)19)8-16(12)10-4-5-10/h6,8-10H,2-5,7H2,1H3,(H2,14,18,19). The summed E-state index contributed by atoms with van der Waals surface area (Å²) in [5.74, 6) is 0.477. The number of nitrogens with zero attached hydrogens (tertiary/aromatic N) is 2. The maximum absolute atomic E-state index is 12.5. The number of amides is 1. The Morgan fingerprint density at radius 2 is 2.05 bits per heavy atom. The lowest BCUT2D eigenvalue weighted by atomic mass is 10.3. The van der Waals surface area contributed by atoms with Gasteiger partial charge in [-0.25, -0.2) is 13.6 Å². The molecule has 2 aliphatic rings. The fourth-order valence-corrected chi connectivity index (χ4v) is 2.94. The molecule has 0 spiro atoms. The Labute approximate surface area is 118 Å². The summed E-state index contributed by atoms with van der Waals surface area (Å²) in [7, 11) is -2.01. The fraction of sp³-hybridized carbons (Fsp3) is 0.615. The van der Waals surface area contributed by atoms with Gasteiger partial charge in [0.25, 0.3) is 5.91 Å². The Hall–Kier alpha value is -1.34. The van der Waals surface area contributed by atoms with Crippen LogP contribution in [0.2, 0.25) is 0 Å². The lowest BCUT2D eigenvalue weighted by Crippen LogP contribution is -2.30. The zero-order valence-corrected chi connectivity index (χ0v) is 12.3. The summed E-state index contributed by atoms with van der Waals surface area (Å²) in [6.45, 7) is 0.736. The van der Waals surface area contributed by atoms with Crippen LogP contribution in [0.15, 0.2) is 17.2 Å². The van der Waals surface area contributed by atoms with Gasteiger partial charge in [-0.3, -0.25) is 4.79 Å². The second kappa shape index (κ2) is 4.60. The molecular weight excluding hydrogens is 278 g/mol. The van der Waals surface area contributed by atoms with Crippen LogP contribution in [0.25, 0.3) is 0 Å². The van der Waals surface area contributed by atoms with Crippen molar-refractivity contribution in [2.45, 2.75) is 36.6 Å². The van der Waals surface area contributed by atoms with Crippen molar-refractivity contribution < 1.29 is 13.2 Å². The molecule has 0 atom stereocenters. The van der Waals surface area contributed by atoms with Gasteiger partial charge in [-0.05, 0) is 37.7 Å². The highest BCUT2D eigenvalue weighted by atomic mass is 32.2. The molecule has 6 nitrogen and oxygen atoms in total. The van der Waals surface area contributed by atoms with Crippen molar-refractivity contribution in [2.24, 2.45) is 11.1 Å². The van der Waals surface area contributed by atoms with Crippen LogP contribution in [0.1, 0.15) is 42.2 Å². The molecule has 20 heavy (non-hydrogen) atoms. The zero-order valence-electron chi connectivity index (χ0n) is 11.4. The van der Waals surface area contributed by atoms with Crippen molar-refractivity contribution in [2.75, 3.05) is 13.6 Å². The minimum absolute atomic E-state index is 0.0209. The number of carbonyl (C=O) groups excluding carboxylic acids is 1. The topological polar surface area (TPSA) is 85.4 Å². The first kappa shape index (κ1) is 13.6. The quantitative estimate of drug-likeness (QED) is 0.878. The number of sulfonamides is 1. The van der Waals surface area contributed by atoms with Crippen LogP contribution in [0.4, 0.5) is 0 Å². The van der Waals surface area contributed by atoms with E-state index in [0.717, 1.165) is 19.4 Å². The number of aromatic nitrogens is 1. The average Bonchev–Trinajstić information content (AvgIpc) is 3.27. The van der Waals surface area contributed by atoms with E-state index in [0.29, 0.717) is 11.6 Å². The number of nitrogens with two attached hydrogens (primary N) is 1. The molecule has 1 aromatic rings. The van der Waals surface area contributed by atoms with Crippen LogP contribution < -0.4 is 5.14 Å². The van der Waals surface area contributed by atoms with Crippen molar-refractivity contribution in [3.63, 3.8) is 0 Å². The van der Waals surface area contributed by atoms with E-state index in [1.165, 1.54) is 25.1 Å². The van der Waals surface area contributed by atoms with Crippen molar-refractivity contribution in [3.05, 3.63) is 18.0 Å². The maximum atomic E-state index is 12.5. The number of hydrogen-bond donors (Lipinski definition) is 1. The van der Waals surface area contributed by atoms with Crippen LogP contribution in [0.3, 0.4) is 0 Å². The van der Waals surface area contributed by atoms with E-state index in [1.807, 2.05) is 0 Å². The Balaban J connectivity index is 1.90. The molecule has 0 radical (unpaired) electrons. The molecule has 3 rings (SSSR count). The minimum Gasteiger partial charge on any atom is -0.340 e. The number of primary sulfonamides is 1. The highest BCUT2D eigenvalue weighted by Gasteiger charge is 2.32. The van der Waals surface area contributed by atoms with Gasteiger partial charge >= 0.3 is 0 Å². The second-order valence-electron chi connectivity index (χ2n) is 5.87. The van der Waals surface area contributed by atoms with Gasteiger partial charge < -0.3 is 9.47 Å². The van der Waals surface area contributed by atoms with Crippen LogP contribution in [-0.2, 0) is 10.0 Å². The van der Waals surface area contributed by atoms with Gasteiger partial charge in [0, 0.05) is 25.8 Å². The molecule has 2 saturated carbocycles. The molecule has 0 saturated heterocycles. The van der Waals surface area contributed by atoms with Crippen molar-refractivity contribution in [1.29, 1.82) is 0 Å².